The summed E-state index contributed by atoms with van der Waals surface area (Å²) in [7, 11) is 0. The monoisotopic (exact) mass is 386 g/mol. The minimum atomic E-state index is -0.856. The second-order valence-corrected chi connectivity index (χ2v) is 7.86. The van der Waals surface area contributed by atoms with Crippen molar-refractivity contribution < 1.29 is 24.2 Å². The molecule has 0 saturated carbocycles. The summed E-state index contributed by atoms with van der Waals surface area (Å²) in [4.78, 5) is 28.8. The molecular formula is C22H27NO5. The van der Waals surface area contributed by atoms with Crippen molar-refractivity contribution in [1.82, 2.24) is 4.98 Å². The van der Waals surface area contributed by atoms with Crippen LogP contribution in [0.4, 0.5) is 0 Å². The molecule has 0 radical (unpaired) electrons. The number of esters is 2. The molecule has 0 aliphatic rings. The lowest BCUT2D eigenvalue weighted by Gasteiger charge is -2.22. The second-order valence-electron chi connectivity index (χ2n) is 7.86. The maximum atomic E-state index is 12.4. The predicted molar refractivity (Wildman–Crippen MR) is 105 cm³/mol. The second kappa shape index (κ2) is 9.28. The van der Waals surface area contributed by atoms with E-state index in [1.54, 1.807) is 34.6 Å². The third-order valence-corrected chi connectivity index (χ3v) is 4.30. The van der Waals surface area contributed by atoms with E-state index in [0.717, 1.165) is 0 Å². The van der Waals surface area contributed by atoms with Gasteiger partial charge >= 0.3 is 11.9 Å². The zero-order valence-electron chi connectivity index (χ0n) is 18.0. The SMILES string of the molecule is [2H]Oc1c(C)ncc(COC(=O)C(C)(C)CC#C)c1COC(=O)C(C)(C)CC#C. The molecule has 1 N–H and O–H groups in total. The van der Waals surface area contributed by atoms with Crippen molar-refractivity contribution in [2.45, 2.75) is 60.7 Å². The Bertz CT molecular complexity index is 846. The summed E-state index contributed by atoms with van der Waals surface area (Å²) in [6.45, 7) is 8.11. The molecule has 1 heterocycles. The van der Waals surface area contributed by atoms with E-state index in [2.05, 4.69) is 16.8 Å². The molecule has 1 rings (SSSR count). The number of hydrogen-bond acceptors (Lipinski definition) is 6. The summed E-state index contributed by atoms with van der Waals surface area (Å²) in [5, 5.41) is 4.69. The van der Waals surface area contributed by atoms with E-state index >= 15 is 0 Å². The molecule has 1 aromatic rings. The zero-order valence-corrected chi connectivity index (χ0v) is 17.0. The molecule has 0 aliphatic heterocycles. The van der Waals surface area contributed by atoms with E-state index in [1.807, 2.05) is 0 Å². The van der Waals surface area contributed by atoms with Gasteiger partial charge in [-0.25, -0.2) is 0 Å². The Kier molecular flexibility index (Phi) is 7.06. The molecule has 0 fully saturated rings. The van der Waals surface area contributed by atoms with Crippen LogP contribution in [0, 0.1) is 42.4 Å². The molecule has 0 bridgehead atoms. The number of aromatic nitrogens is 1. The lowest BCUT2D eigenvalue weighted by Crippen LogP contribution is -2.27. The van der Waals surface area contributed by atoms with Crippen molar-refractivity contribution in [3.63, 3.8) is 0 Å². The molecule has 0 saturated heterocycles. The van der Waals surface area contributed by atoms with E-state index in [-0.39, 0.29) is 31.8 Å². The Morgan fingerprint density at radius 2 is 1.61 bits per heavy atom. The Morgan fingerprint density at radius 1 is 1.11 bits per heavy atom. The fraction of sp³-hybridized carbons (Fsp3) is 0.500. The summed E-state index contributed by atoms with van der Waals surface area (Å²) in [5.74, 6) is 4.09. The third-order valence-electron chi connectivity index (χ3n) is 4.30. The molecule has 0 aliphatic carbocycles. The minimum Gasteiger partial charge on any atom is -0.506 e. The fourth-order valence-electron chi connectivity index (χ4n) is 2.28. The van der Waals surface area contributed by atoms with Crippen LogP contribution in [-0.2, 0) is 32.3 Å². The highest BCUT2D eigenvalue weighted by atomic mass is 16.5. The highest BCUT2D eigenvalue weighted by Gasteiger charge is 2.30. The number of carbonyl (C=O) groups is 2. The van der Waals surface area contributed by atoms with Crippen molar-refractivity contribution in [2.75, 3.05) is 0 Å². The standard InChI is InChI=1S/C22H27NO5/c1-8-10-21(4,5)19(25)27-13-16-12-23-15(3)18(24)17(16)14-28-20(26)22(6,7)11-9-2/h1-2,12,24H,10-11,13-14H2,3-7H3/i/hD. The molecule has 6 heteroatoms. The first-order valence-electron chi connectivity index (χ1n) is 9.23. The quantitative estimate of drug-likeness (QED) is 0.518. The molecule has 150 valence electrons. The van der Waals surface area contributed by atoms with E-state index in [9.17, 15) is 9.59 Å². The van der Waals surface area contributed by atoms with Gasteiger partial charge in [0.2, 0.25) is 0 Å². The zero-order chi connectivity index (χ0) is 22.2. The first-order chi connectivity index (χ1) is 13.5. The number of nitrogens with zero attached hydrogens (tertiary/aromatic N) is 1. The molecule has 0 spiro atoms. The number of aryl methyl sites for hydroxylation is 1. The van der Waals surface area contributed by atoms with Crippen LogP contribution in [0.25, 0.3) is 0 Å². The molecule has 0 unspecified atom stereocenters. The molecule has 0 atom stereocenters. The van der Waals surface area contributed by atoms with Crippen molar-refractivity contribution in [1.29, 1.82) is 1.43 Å². The van der Waals surface area contributed by atoms with Crippen LogP contribution in [0.1, 0.15) is 57.4 Å². The van der Waals surface area contributed by atoms with Crippen LogP contribution in [0.5, 0.6) is 5.75 Å². The summed E-state index contributed by atoms with van der Waals surface area (Å²) < 4.78 is 18.1. The van der Waals surface area contributed by atoms with E-state index in [4.69, 9.17) is 28.9 Å². The van der Waals surface area contributed by atoms with Crippen molar-refractivity contribution in [2.24, 2.45) is 10.8 Å². The Morgan fingerprint density at radius 3 is 2.07 bits per heavy atom. The van der Waals surface area contributed by atoms with E-state index in [0.29, 0.717) is 16.8 Å². The van der Waals surface area contributed by atoms with Gasteiger partial charge in [0, 0.05) is 30.2 Å². The summed E-state index contributed by atoms with van der Waals surface area (Å²) >= 11 is 0. The smallest absolute Gasteiger partial charge is 0.312 e. The highest BCUT2D eigenvalue weighted by molar-refractivity contribution is 5.77. The molecule has 0 aromatic carbocycles. The van der Waals surface area contributed by atoms with Crippen LogP contribution in [-0.4, -0.2) is 23.5 Å². The molecule has 0 amide bonds. The topological polar surface area (TPSA) is 85.7 Å². The van der Waals surface area contributed by atoms with Gasteiger partial charge in [-0.3, -0.25) is 14.6 Å². The van der Waals surface area contributed by atoms with Crippen LogP contribution < -0.4 is 0 Å². The molecule has 1 aromatic heterocycles. The Hall–Kier alpha value is -2.99. The van der Waals surface area contributed by atoms with Gasteiger partial charge in [-0.05, 0) is 34.6 Å². The van der Waals surface area contributed by atoms with Crippen molar-refractivity contribution in [3.05, 3.63) is 23.0 Å². The average molecular weight is 386 g/mol. The molecular weight excluding hydrogens is 358 g/mol. The van der Waals surface area contributed by atoms with Crippen molar-refractivity contribution >= 4 is 11.9 Å². The summed E-state index contributed by atoms with van der Waals surface area (Å²) in [5.41, 5.74) is -0.389. The normalized spacial score (nSPS) is 11.6. The third kappa shape index (κ3) is 5.76. The summed E-state index contributed by atoms with van der Waals surface area (Å²) in [6, 6.07) is 0. The van der Waals surface area contributed by atoms with Crippen LogP contribution >= 0.6 is 0 Å². The first-order valence-corrected chi connectivity index (χ1v) is 8.82. The van der Waals surface area contributed by atoms with Gasteiger partial charge in [0.15, 0.2) is 0 Å². The van der Waals surface area contributed by atoms with Gasteiger partial charge in [-0.15, -0.1) is 24.7 Å². The fourth-order valence-corrected chi connectivity index (χ4v) is 2.28. The van der Waals surface area contributed by atoms with E-state index < -0.39 is 22.8 Å². The van der Waals surface area contributed by atoms with Crippen LogP contribution in [0.15, 0.2) is 6.20 Å². The number of rotatable bonds is 9. The number of hydrogen-bond donors (Lipinski definition) is 1. The lowest BCUT2D eigenvalue weighted by atomic mass is 9.90. The number of carbonyl (C=O) groups excluding carboxylic acids is 2. The van der Waals surface area contributed by atoms with Crippen LogP contribution in [0.2, 0.25) is 0 Å². The number of aromatic hydroxyl groups is 1. The lowest BCUT2D eigenvalue weighted by molar-refractivity contribution is -0.156. The summed E-state index contributed by atoms with van der Waals surface area (Å²) in [6.07, 6.45) is 12.5. The molecule has 6 nitrogen and oxygen atoms in total. The van der Waals surface area contributed by atoms with Gasteiger partial charge in [0.05, 0.1) is 16.5 Å². The predicted octanol–water partition coefficient (Wildman–Crippen LogP) is 3.28. The minimum absolute atomic E-state index is 0.128. The average Bonchev–Trinajstić information content (AvgIpc) is 2.64. The van der Waals surface area contributed by atoms with Crippen LogP contribution in [0.3, 0.4) is 0 Å². The largest absolute Gasteiger partial charge is 0.506 e. The van der Waals surface area contributed by atoms with Gasteiger partial charge in [0.25, 0.3) is 1.43 Å². The number of terminal acetylenes is 2. The number of ether oxygens (including phenoxy) is 2. The van der Waals surface area contributed by atoms with E-state index in [1.165, 1.54) is 6.20 Å². The van der Waals surface area contributed by atoms with Gasteiger partial charge in [-0.2, -0.15) is 0 Å². The highest BCUT2D eigenvalue weighted by Crippen LogP contribution is 2.29. The van der Waals surface area contributed by atoms with Crippen molar-refractivity contribution in [3.8, 4) is 30.4 Å². The Balaban J connectivity index is 3.06. The van der Waals surface area contributed by atoms with Gasteiger partial charge in [-0.1, -0.05) is 0 Å². The first kappa shape index (κ1) is 21.3. The molecule has 28 heavy (non-hydrogen) atoms. The van der Waals surface area contributed by atoms with Gasteiger partial charge < -0.3 is 14.6 Å². The maximum absolute atomic E-state index is 12.4. The Labute approximate surface area is 168 Å². The maximum Gasteiger partial charge on any atom is 0.312 e. The number of pyridine rings is 1. The van der Waals surface area contributed by atoms with Gasteiger partial charge in [0.1, 0.15) is 19.0 Å².